The highest BCUT2D eigenvalue weighted by Gasteiger charge is 2.29. The molecule has 1 aliphatic heterocycles. The van der Waals surface area contributed by atoms with Gasteiger partial charge in [-0.05, 0) is 40.9 Å². The van der Waals surface area contributed by atoms with Crippen LogP contribution in [0.3, 0.4) is 0 Å². The summed E-state index contributed by atoms with van der Waals surface area (Å²) in [7, 11) is 0. The van der Waals surface area contributed by atoms with E-state index in [1.54, 1.807) is 12.3 Å². The minimum Gasteiger partial charge on any atom is -0.322 e. The monoisotopic (exact) mass is 317 g/mol. The molecule has 0 spiro atoms. The van der Waals surface area contributed by atoms with Crippen LogP contribution < -0.4 is 10.6 Å². The van der Waals surface area contributed by atoms with Crippen LogP contribution in [0.2, 0.25) is 5.15 Å². The largest absolute Gasteiger partial charge is 0.322 e. The molecule has 0 bridgehead atoms. The Bertz CT molecular complexity index is 441. The zero-order chi connectivity index (χ0) is 12.4. The average Bonchev–Trinajstić information content (AvgIpc) is 2.70. The van der Waals surface area contributed by atoms with Crippen molar-refractivity contribution in [2.75, 3.05) is 11.9 Å². The maximum atomic E-state index is 12.0. The number of hydrogen-bond donors (Lipinski definition) is 2. The van der Waals surface area contributed by atoms with Gasteiger partial charge in [-0.25, -0.2) is 4.98 Å². The lowest BCUT2D eigenvalue weighted by Crippen LogP contribution is -2.39. The van der Waals surface area contributed by atoms with Gasteiger partial charge in [0.2, 0.25) is 5.91 Å². The van der Waals surface area contributed by atoms with Gasteiger partial charge in [0.15, 0.2) is 5.15 Å². The van der Waals surface area contributed by atoms with Gasteiger partial charge in [-0.2, -0.15) is 0 Å². The number of halogens is 2. The molecule has 4 nitrogen and oxygen atoms in total. The zero-order valence-corrected chi connectivity index (χ0v) is 11.7. The van der Waals surface area contributed by atoms with Crippen molar-refractivity contribution in [2.45, 2.75) is 19.4 Å². The molecule has 6 heteroatoms. The van der Waals surface area contributed by atoms with Gasteiger partial charge >= 0.3 is 0 Å². The number of pyridine rings is 1. The van der Waals surface area contributed by atoms with Gasteiger partial charge in [0.05, 0.1) is 11.7 Å². The summed E-state index contributed by atoms with van der Waals surface area (Å²) in [4.78, 5) is 16.0. The van der Waals surface area contributed by atoms with Gasteiger partial charge in [-0.15, -0.1) is 0 Å². The summed E-state index contributed by atoms with van der Waals surface area (Å²) in [5.41, 5.74) is 0.534. The first-order valence-corrected chi connectivity index (χ1v) is 6.60. The number of amides is 1. The molecule has 2 unspecified atom stereocenters. The number of aromatic nitrogens is 1. The van der Waals surface area contributed by atoms with Crippen molar-refractivity contribution < 1.29 is 4.79 Å². The Hall–Kier alpha value is -0.650. The van der Waals surface area contributed by atoms with Crippen LogP contribution in [0.15, 0.2) is 16.7 Å². The van der Waals surface area contributed by atoms with E-state index >= 15 is 0 Å². The van der Waals surface area contributed by atoms with Crippen LogP contribution in [0.25, 0.3) is 0 Å². The molecule has 2 rings (SSSR count). The second-order valence-electron chi connectivity index (χ2n) is 4.18. The van der Waals surface area contributed by atoms with E-state index in [1.165, 1.54) is 0 Å². The van der Waals surface area contributed by atoms with Crippen molar-refractivity contribution in [3.05, 3.63) is 21.9 Å². The first-order chi connectivity index (χ1) is 8.08. The van der Waals surface area contributed by atoms with E-state index in [0.717, 1.165) is 17.4 Å². The fourth-order valence-corrected chi connectivity index (χ4v) is 2.39. The Labute approximate surface area is 113 Å². The normalized spacial score (nSPS) is 23.7. The molecule has 1 amide bonds. The molecule has 0 radical (unpaired) electrons. The van der Waals surface area contributed by atoms with Crippen LogP contribution in [0.1, 0.15) is 13.3 Å². The third-order valence-corrected chi connectivity index (χ3v) is 3.61. The highest BCUT2D eigenvalue weighted by molar-refractivity contribution is 9.10. The van der Waals surface area contributed by atoms with E-state index < -0.39 is 0 Å². The second-order valence-corrected chi connectivity index (χ2v) is 5.45. The molecule has 1 aromatic heterocycles. The Morgan fingerprint density at radius 2 is 2.47 bits per heavy atom. The fourth-order valence-electron chi connectivity index (χ4n) is 1.91. The molecule has 92 valence electrons. The van der Waals surface area contributed by atoms with Gasteiger partial charge in [-0.1, -0.05) is 18.5 Å². The second kappa shape index (κ2) is 5.33. The van der Waals surface area contributed by atoms with Crippen molar-refractivity contribution >= 4 is 39.1 Å². The first-order valence-electron chi connectivity index (χ1n) is 5.43. The number of hydrogen-bond acceptors (Lipinski definition) is 3. The quantitative estimate of drug-likeness (QED) is 0.824. The van der Waals surface area contributed by atoms with Gasteiger partial charge in [-0.3, -0.25) is 4.79 Å². The molecule has 0 aliphatic carbocycles. The molecule has 0 saturated carbocycles. The molecule has 2 heterocycles. The highest BCUT2D eigenvalue weighted by Crippen LogP contribution is 2.24. The highest BCUT2D eigenvalue weighted by atomic mass is 79.9. The number of nitrogens with one attached hydrogen (secondary N) is 2. The number of carbonyl (C=O) groups excluding carboxylic acids is 1. The minimum atomic E-state index is -0.148. The molecule has 1 aliphatic rings. The Morgan fingerprint density at radius 1 is 1.71 bits per heavy atom. The van der Waals surface area contributed by atoms with Crippen molar-refractivity contribution in [3.63, 3.8) is 0 Å². The number of rotatable bonds is 2. The summed E-state index contributed by atoms with van der Waals surface area (Å²) in [6.07, 6.45) is 2.61. The molecule has 1 saturated heterocycles. The number of anilines is 1. The third kappa shape index (κ3) is 2.97. The van der Waals surface area contributed by atoms with Crippen LogP contribution >= 0.6 is 27.5 Å². The summed E-state index contributed by atoms with van der Waals surface area (Å²) in [6, 6.07) is 1.59. The summed E-state index contributed by atoms with van der Waals surface area (Å²) >= 11 is 9.21. The molecule has 1 aromatic rings. The molecule has 1 fully saturated rings. The van der Waals surface area contributed by atoms with Crippen molar-refractivity contribution in [3.8, 4) is 0 Å². The van der Waals surface area contributed by atoms with E-state index in [0.29, 0.717) is 16.8 Å². The van der Waals surface area contributed by atoms with Crippen LogP contribution in [0, 0.1) is 5.92 Å². The molecule has 2 atom stereocenters. The van der Waals surface area contributed by atoms with Gasteiger partial charge in [0.1, 0.15) is 0 Å². The van der Waals surface area contributed by atoms with Crippen LogP contribution in [0.4, 0.5) is 5.69 Å². The first kappa shape index (κ1) is 12.8. The van der Waals surface area contributed by atoms with Gasteiger partial charge in [0, 0.05) is 10.7 Å². The predicted octanol–water partition coefficient (Wildman–Crippen LogP) is 2.43. The molecular formula is C11H13BrClN3O. The third-order valence-electron chi connectivity index (χ3n) is 2.88. The molecular weight excluding hydrogens is 305 g/mol. The van der Waals surface area contributed by atoms with Gasteiger partial charge in [0.25, 0.3) is 0 Å². The predicted molar refractivity (Wildman–Crippen MR) is 71.1 cm³/mol. The summed E-state index contributed by atoms with van der Waals surface area (Å²) in [6.45, 7) is 2.94. The van der Waals surface area contributed by atoms with E-state index in [-0.39, 0.29) is 11.9 Å². The SMILES string of the molecule is CC1CCNC1C(=O)Nc1cc(Br)cnc1Cl. The number of nitrogens with zero attached hydrogens (tertiary/aromatic N) is 1. The fraction of sp³-hybridized carbons (Fsp3) is 0.455. The smallest absolute Gasteiger partial charge is 0.241 e. The minimum absolute atomic E-state index is 0.0585. The van der Waals surface area contributed by atoms with E-state index in [2.05, 4.69) is 38.5 Å². The maximum Gasteiger partial charge on any atom is 0.241 e. The Morgan fingerprint density at radius 3 is 3.12 bits per heavy atom. The lowest BCUT2D eigenvalue weighted by molar-refractivity contribution is -0.118. The Balaban J connectivity index is 2.10. The van der Waals surface area contributed by atoms with E-state index in [9.17, 15) is 4.79 Å². The topological polar surface area (TPSA) is 54.0 Å². The molecule has 17 heavy (non-hydrogen) atoms. The maximum absolute atomic E-state index is 12.0. The summed E-state index contributed by atoms with van der Waals surface area (Å²) in [5, 5.41) is 6.27. The van der Waals surface area contributed by atoms with Crippen molar-refractivity contribution in [1.82, 2.24) is 10.3 Å². The Kier molecular flexibility index (Phi) is 4.01. The molecule has 0 aromatic carbocycles. The summed E-state index contributed by atoms with van der Waals surface area (Å²) in [5.74, 6) is 0.283. The average molecular weight is 319 g/mol. The summed E-state index contributed by atoms with van der Waals surface area (Å²) < 4.78 is 0.782. The lowest BCUT2D eigenvalue weighted by Gasteiger charge is -2.15. The van der Waals surface area contributed by atoms with Crippen LogP contribution in [0.5, 0.6) is 0 Å². The van der Waals surface area contributed by atoms with Crippen LogP contribution in [-0.2, 0) is 4.79 Å². The van der Waals surface area contributed by atoms with E-state index in [4.69, 9.17) is 11.6 Å². The van der Waals surface area contributed by atoms with Crippen molar-refractivity contribution in [1.29, 1.82) is 0 Å². The van der Waals surface area contributed by atoms with Crippen LogP contribution in [-0.4, -0.2) is 23.5 Å². The number of carbonyl (C=O) groups is 1. The zero-order valence-electron chi connectivity index (χ0n) is 9.34. The standard InChI is InChI=1S/C11H13BrClN3O/c1-6-2-3-14-9(6)11(17)16-8-4-7(12)5-15-10(8)13/h4-6,9,14H,2-3H2,1H3,(H,16,17). The van der Waals surface area contributed by atoms with Crippen molar-refractivity contribution in [2.24, 2.45) is 5.92 Å². The van der Waals surface area contributed by atoms with E-state index in [1.807, 2.05) is 0 Å². The van der Waals surface area contributed by atoms with Gasteiger partial charge < -0.3 is 10.6 Å². The lowest BCUT2D eigenvalue weighted by atomic mass is 10.0. The molecule has 2 N–H and O–H groups in total.